The summed E-state index contributed by atoms with van der Waals surface area (Å²) < 4.78 is 5.60. The molecular formula is C21H34N6O2. The maximum absolute atomic E-state index is 12.5. The van der Waals surface area contributed by atoms with Gasteiger partial charge < -0.3 is 20.7 Å². The highest BCUT2D eigenvalue weighted by molar-refractivity contribution is 5.78. The van der Waals surface area contributed by atoms with Crippen molar-refractivity contribution in [2.75, 3.05) is 45.1 Å². The Kier molecular flexibility index (Phi) is 6.94. The average molecular weight is 403 g/mol. The van der Waals surface area contributed by atoms with Crippen molar-refractivity contribution in [3.63, 3.8) is 0 Å². The lowest BCUT2D eigenvalue weighted by molar-refractivity contribution is -0.127. The first-order valence-corrected chi connectivity index (χ1v) is 11.1. The largest absolute Gasteiger partial charge is 0.376 e. The van der Waals surface area contributed by atoms with Crippen LogP contribution in [0.3, 0.4) is 0 Å². The molecule has 4 rings (SSSR count). The minimum Gasteiger partial charge on any atom is -0.376 e. The Hall–Kier alpha value is -1.77. The second-order valence-corrected chi connectivity index (χ2v) is 8.65. The monoisotopic (exact) mass is 402 g/mol. The maximum atomic E-state index is 12.5. The molecule has 3 aliphatic heterocycles. The van der Waals surface area contributed by atoms with Crippen LogP contribution in [-0.2, 0) is 16.1 Å². The Morgan fingerprint density at radius 2 is 1.83 bits per heavy atom. The minimum atomic E-state index is 0.165. The molecule has 1 aromatic rings. The molecule has 0 bridgehead atoms. The molecule has 29 heavy (non-hydrogen) atoms. The zero-order valence-corrected chi connectivity index (χ0v) is 17.3. The van der Waals surface area contributed by atoms with Crippen LogP contribution in [0.5, 0.6) is 0 Å². The number of likely N-dealkylation sites (tertiary alicyclic amines) is 2. The summed E-state index contributed by atoms with van der Waals surface area (Å²) in [5, 5.41) is 3.11. The second kappa shape index (κ2) is 9.82. The number of anilines is 1. The van der Waals surface area contributed by atoms with Crippen molar-refractivity contribution in [2.24, 2.45) is 5.92 Å². The number of nitrogens with one attached hydrogen (secondary N) is 1. The standard InChI is InChI=1S/C21H34N6O2/c22-21-24-12-16(13-25-21)15-26-7-5-18(6-8-26)27-9-3-17(4-10-27)20(28)23-14-19-2-1-11-29-19/h12-13,17-19H,1-11,14-15H2,(H,23,28)(H2,22,24,25). The number of carbonyl (C=O) groups is 1. The van der Waals surface area contributed by atoms with Gasteiger partial charge in [0, 0.05) is 49.6 Å². The normalized spacial score (nSPS) is 25.3. The van der Waals surface area contributed by atoms with Crippen molar-refractivity contribution in [1.82, 2.24) is 25.1 Å². The van der Waals surface area contributed by atoms with Gasteiger partial charge in [-0.2, -0.15) is 0 Å². The predicted octanol–water partition coefficient (Wildman–Crippen LogP) is 1.03. The third kappa shape index (κ3) is 5.65. The fourth-order valence-electron chi connectivity index (χ4n) is 4.84. The first kappa shape index (κ1) is 20.5. The molecule has 3 saturated heterocycles. The lowest BCUT2D eigenvalue weighted by Gasteiger charge is -2.41. The van der Waals surface area contributed by atoms with E-state index in [4.69, 9.17) is 10.5 Å². The zero-order chi connectivity index (χ0) is 20.1. The van der Waals surface area contributed by atoms with Gasteiger partial charge in [-0.3, -0.25) is 9.69 Å². The third-order valence-corrected chi connectivity index (χ3v) is 6.63. The summed E-state index contributed by atoms with van der Waals surface area (Å²) in [5.41, 5.74) is 6.68. The maximum Gasteiger partial charge on any atom is 0.223 e. The van der Waals surface area contributed by atoms with Gasteiger partial charge >= 0.3 is 0 Å². The van der Waals surface area contributed by atoms with Crippen molar-refractivity contribution in [2.45, 2.75) is 57.2 Å². The number of amides is 1. The van der Waals surface area contributed by atoms with Crippen molar-refractivity contribution in [3.05, 3.63) is 18.0 Å². The molecule has 0 saturated carbocycles. The molecular weight excluding hydrogens is 368 g/mol. The Bertz CT molecular complexity index is 648. The van der Waals surface area contributed by atoms with E-state index in [-0.39, 0.29) is 17.9 Å². The van der Waals surface area contributed by atoms with E-state index in [9.17, 15) is 4.79 Å². The van der Waals surface area contributed by atoms with Gasteiger partial charge in [0.1, 0.15) is 0 Å². The Balaban J connectivity index is 1.15. The number of nitrogens with zero attached hydrogens (tertiary/aromatic N) is 4. The summed E-state index contributed by atoms with van der Waals surface area (Å²) in [5.74, 6) is 0.718. The minimum absolute atomic E-state index is 0.165. The highest BCUT2D eigenvalue weighted by Crippen LogP contribution is 2.25. The molecule has 0 radical (unpaired) electrons. The van der Waals surface area contributed by atoms with Crippen LogP contribution in [0.15, 0.2) is 12.4 Å². The molecule has 0 aliphatic carbocycles. The lowest BCUT2D eigenvalue weighted by atomic mass is 9.92. The Labute approximate surface area is 173 Å². The molecule has 8 nitrogen and oxygen atoms in total. The van der Waals surface area contributed by atoms with Crippen LogP contribution in [0.1, 0.15) is 44.1 Å². The summed E-state index contributed by atoms with van der Waals surface area (Å²) >= 11 is 0. The first-order valence-electron chi connectivity index (χ1n) is 11.1. The summed E-state index contributed by atoms with van der Waals surface area (Å²) in [6.07, 6.45) is 10.4. The average Bonchev–Trinajstić information content (AvgIpc) is 3.28. The molecule has 1 atom stereocenters. The van der Waals surface area contributed by atoms with E-state index in [1.165, 1.54) is 12.8 Å². The van der Waals surface area contributed by atoms with Crippen molar-refractivity contribution in [3.8, 4) is 0 Å². The molecule has 3 fully saturated rings. The predicted molar refractivity (Wildman–Crippen MR) is 111 cm³/mol. The molecule has 0 aromatic carbocycles. The fourth-order valence-corrected chi connectivity index (χ4v) is 4.84. The third-order valence-electron chi connectivity index (χ3n) is 6.63. The SMILES string of the molecule is Nc1ncc(CN2CCC(N3CCC(C(=O)NCC4CCCO4)CC3)CC2)cn1. The van der Waals surface area contributed by atoms with Gasteiger partial charge in [-0.25, -0.2) is 9.97 Å². The number of ether oxygens (including phenoxy) is 1. The van der Waals surface area contributed by atoms with E-state index < -0.39 is 0 Å². The van der Waals surface area contributed by atoms with Gasteiger partial charge in [-0.1, -0.05) is 0 Å². The van der Waals surface area contributed by atoms with Gasteiger partial charge in [-0.05, 0) is 64.7 Å². The van der Waals surface area contributed by atoms with Crippen molar-refractivity contribution in [1.29, 1.82) is 0 Å². The molecule has 3 N–H and O–H groups in total. The van der Waals surface area contributed by atoms with E-state index >= 15 is 0 Å². The van der Waals surface area contributed by atoms with Gasteiger partial charge in [0.05, 0.1) is 6.10 Å². The molecule has 1 aromatic heterocycles. The van der Waals surface area contributed by atoms with Crippen molar-refractivity contribution < 1.29 is 9.53 Å². The molecule has 0 spiro atoms. The van der Waals surface area contributed by atoms with E-state index in [0.29, 0.717) is 18.5 Å². The lowest BCUT2D eigenvalue weighted by Crippen LogP contribution is -2.49. The molecule has 8 heteroatoms. The van der Waals surface area contributed by atoms with E-state index in [0.717, 1.165) is 70.6 Å². The summed E-state index contributed by atoms with van der Waals surface area (Å²) in [4.78, 5) is 25.7. The highest BCUT2D eigenvalue weighted by Gasteiger charge is 2.31. The van der Waals surface area contributed by atoms with Crippen LogP contribution in [0.25, 0.3) is 0 Å². The van der Waals surface area contributed by atoms with Crippen molar-refractivity contribution >= 4 is 11.9 Å². The van der Waals surface area contributed by atoms with Gasteiger partial charge in [0.2, 0.25) is 11.9 Å². The number of piperidine rings is 2. The topological polar surface area (TPSA) is 96.6 Å². The molecule has 1 unspecified atom stereocenters. The number of hydrogen-bond donors (Lipinski definition) is 2. The number of nitrogens with two attached hydrogens (primary N) is 1. The van der Waals surface area contributed by atoms with E-state index in [1.54, 1.807) is 0 Å². The number of hydrogen-bond acceptors (Lipinski definition) is 7. The smallest absolute Gasteiger partial charge is 0.223 e. The van der Waals surface area contributed by atoms with E-state index in [1.807, 2.05) is 12.4 Å². The summed E-state index contributed by atoms with van der Waals surface area (Å²) in [7, 11) is 0. The Morgan fingerprint density at radius 3 is 2.48 bits per heavy atom. The van der Waals surface area contributed by atoms with Crippen LogP contribution < -0.4 is 11.1 Å². The Morgan fingerprint density at radius 1 is 1.10 bits per heavy atom. The first-order chi connectivity index (χ1) is 14.2. The van der Waals surface area contributed by atoms with Gasteiger partial charge in [0.25, 0.3) is 0 Å². The van der Waals surface area contributed by atoms with Crippen LogP contribution in [0.2, 0.25) is 0 Å². The quantitative estimate of drug-likeness (QED) is 0.734. The molecule has 1 amide bonds. The second-order valence-electron chi connectivity index (χ2n) is 8.65. The number of aromatic nitrogens is 2. The fraction of sp³-hybridized carbons (Fsp3) is 0.762. The summed E-state index contributed by atoms with van der Waals surface area (Å²) in [6, 6.07) is 0.643. The van der Waals surface area contributed by atoms with Gasteiger partial charge in [-0.15, -0.1) is 0 Å². The zero-order valence-electron chi connectivity index (χ0n) is 17.3. The van der Waals surface area contributed by atoms with Crippen LogP contribution in [0.4, 0.5) is 5.95 Å². The number of carbonyl (C=O) groups excluding carboxylic acids is 1. The number of nitrogen functional groups attached to an aromatic ring is 1. The van der Waals surface area contributed by atoms with Crippen LogP contribution >= 0.6 is 0 Å². The molecule has 4 heterocycles. The van der Waals surface area contributed by atoms with Crippen LogP contribution in [0, 0.1) is 5.92 Å². The highest BCUT2D eigenvalue weighted by atomic mass is 16.5. The van der Waals surface area contributed by atoms with E-state index in [2.05, 4.69) is 25.1 Å². The molecule has 160 valence electrons. The summed E-state index contributed by atoms with van der Waals surface area (Å²) in [6.45, 7) is 6.67. The van der Waals surface area contributed by atoms with Crippen LogP contribution in [-0.4, -0.2) is 77.2 Å². The molecule has 3 aliphatic rings. The van der Waals surface area contributed by atoms with Gasteiger partial charge in [0.15, 0.2) is 0 Å². The number of rotatable bonds is 6.